The highest BCUT2D eigenvalue weighted by Crippen LogP contribution is 2.27. The molecule has 9 heteroatoms. The van der Waals surface area contributed by atoms with E-state index in [0.717, 1.165) is 27.9 Å². The number of hydrogen-bond acceptors (Lipinski definition) is 7. The van der Waals surface area contributed by atoms with Gasteiger partial charge in [0.25, 0.3) is 0 Å². The first-order valence-electron chi connectivity index (χ1n) is 8.46. The summed E-state index contributed by atoms with van der Waals surface area (Å²) < 4.78 is 0.724. The van der Waals surface area contributed by atoms with Crippen molar-refractivity contribution in [2.24, 2.45) is 5.73 Å². The van der Waals surface area contributed by atoms with Crippen LogP contribution in [0.4, 0.5) is 5.13 Å². The number of carbonyl (C=O) groups excluding carboxylic acids is 2. The van der Waals surface area contributed by atoms with Gasteiger partial charge in [-0.3, -0.25) is 9.59 Å². The molecule has 2 aromatic rings. The van der Waals surface area contributed by atoms with Crippen molar-refractivity contribution in [2.75, 3.05) is 17.6 Å². The standard InChI is InChI=1S/C17H21N5O2S2/c18-15(24)13-8-4-5-9-22(13)14(23)11-25-17-21-20-16(26-17)19-10-12-6-2-1-3-7-12/h1-3,6-7,13H,4-5,8-11H2,(H2,18,24)(H,19,20)/t13-/m1/s1. The van der Waals surface area contributed by atoms with Crippen molar-refractivity contribution in [1.82, 2.24) is 15.1 Å². The average Bonchev–Trinajstić information content (AvgIpc) is 3.13. The van der Waals surface area contributed by atoms with Gasteiger partial charge in [0.15, 0.2) is 4.34 Å². The van der Waals surface area contributed by atoms with Crippen LogP contribution in [0, 0.1) is 0 Å². The van der Waals surface area contributed by atoms with Gasteiger partial charge in [-0.05, 0) is 24.8 Å². The molecule has 1 aromatic heterocycles. The van der Waals surface area contributed by atoms with Gasteiger partial charge in [-0.15, -0.1) is 10.2 Å². The maximum Gasteiger partial charge on any atom is 0.240 e. The van der Waals surface area contributed by atoms with Crippen LogP contribution in [-0.2, 0) is 16.1 Å². The first-order valence-corrected chi connectivity index (χ1v) is 10.3. The summed E-state index contributed by atoms with van der Waals surface area (Å²) in [4.78, 5) is 25.6. The highest BCUT2D eigenvalue weighted by atomic mass is 32.2. The Hall–Kier alpha value is -2.13. The van der Waals surface area contributed by atoms with Crippen molar-refractivity contribution in [3.8, 4) is 0 Å². The number of benzene rings is 1. The Morgan fingerprint density at radius 1 is 1.27 bits per heavy atom. The molecular weight excluding hydrogens is 370 g/mol. The molecule has 0 saturated carbocycles. The summed E-state index contributed by atoms with van der Waals surface area (Å²) in [6, 6.07) is 9.56. The van der Waals surface area contributed by atoms with E-state index in [4.69, 9.17) is 5.73 Å². The van der Waals surface area contributed by atoms with Crippen molar-refractivity contribution in [1.29, 1.82) is 0 Å². The maximum atomic E-state index is 12.4. The zero-order chi connectivity index (χ0) is 18.4. The fraction of sp³-hybridized carbons (Fsp3) is 0.412. The van der Waals surface area contributed by atoms with Gasteiger partial charge in [-0.25, -0.2) is 0 Å². The third-order valence-corrected chi connectivity index (χ3v) is 6.16. The number of hydrogen-bond donors (Lipinski definition) is 2. The lowest BCUT2D eigenvalue weighted by atomic mass is 10.0. The van der Waals surface area contributed by atoms with Gasteiger partial charge in [0.2, 0.25) is 16.9 Å². The number of rotatable bonds is 7. The highest BCUT2D eigenvalue weighted by Gasteiger charge is 2.30. The van der Waals surface area contributed by atoms with E-state index < -0.39 is 11.9 Å². The molecule has 7 nitrogen and oxygen atoms in total. The average molecular weight is 392 g/mol. The number of nitrogens with two attached hydrogens (primary N) is 1. The zero-order valence-corrected chi connectivity index (χ0v) is 15.9. The summed E-state index contributed by atoms with van der Waals surface area (Å²) in [5, 5.41) is 12.2. The zero-order valence-electron chi connectivity index (χ0n) is 14.3. The molecule has 0 bridgehead atoms. The van der Waals surface area contributed by atoms with Crippen molar-refractivity contribution in [3.05, 3.63) is 35.9 Å². The van der Waals surface area contributed by atoms with Gasteiger partial charge in [-0.1, -0.05) is 53.4 Å². The van der Waals surface area contributed by atoms with E-state index in [-0.39, 0.29) is 11.7 Å². The minimum absolute atomic E-state index is 0.0764. The molecule has 2 heterocycles. The number of nitrogens with one attached hydrogen (secondary N) is 1. The van der Waals surface area contributed by atoms with E-state index in [1.807, 2.05) is 30.3 Å². The molecule has 26 heavy (non-hydrogen) atoms. The summed E-state index contributed by atoms with van der Waals surface area (Å²) >= 11 is 2.76. The Kier molecular flexibility index (Phi) is 6.45. The molecule has 1 saturated heterocycles. The quantitative estimate of drug-likeness (QED) is 0.701. The third kappa shape index (κ3) is 4.95. The topological polar surface area (TPSA) is 101 Å². The molecular formula is C17H21N5O2S2. The number of primary amides is 1. The lowest BCUT2D eigenvalue weighted by Gasteiger charge is -2.33. The number of aromatic nitrogens is 2. The van der Waals surface area contributed by atoms with Crippen LogP contribution in [0.2, 0.25) is 0 Å². The molecule has 0 radical (unpaired) electrons. The van der Waals surface area contributed by atoms with Crippen LogP contribution >= 0.6 is 23.1 Å². The minimum atomic E-state index is -0.477. The normalized spacial score (nSPS) is 17.1. The molecule has 0 aliphatic carbocycles. The van der Waals surface area contributed by atoms with Crippen molar-refractivity contribution >= 4 is 40.0 Å². The largest absolute Gasteiger partial charge is 0.368 e. The Morgan fingerprint density at radius 3 is 2.85 bits per heavy atom. The van der Waals surface area contributed by atoms with E-state index in [1.54, 1.807) is 4.90 Å². The van der Waals surface area contributed by atoms with Crippen LogP contribution in [-0.4, -0.2) is 45.3 Å². The fourth-order valence-electron chi connectivity index (χ4n) is 2.85. The summed E-state index contributed by atoms with van der Waals surface area (Å²) in [6.07, 6.45) is 2.49. The molecule has 1 aliphatic heterocycles. The number of amides is 2. The van der Waals surface area contributed by atoms with E-state index in [0.29, 0.717) is 19.5 Å². The molecule has 0 unspecified atom stereocenters. The Labute approximate surface area is 160 Å². The molecule has 1 aromatic carbocycles. The Morgan fingerprint density at radius 2 is 2.08 bits per heavy atom. The molecule has 1 fully saturated rings. The number of nitrogens with zero attached hydrogens (tertiary/aromatic N) is 3. The predicted octanol–water partition coefficient (Wildman–Crippen LogP) is 2.11. The van der Waals surface area contributed by atoms with Crippen LogP contribution in [0.1, 0.15) is 24.8 Å². The number of likely N-dealkylation sites (tertiary alicyclic amines) is 1. The molecule has 1 aliphatic rings. The SMILES string of the molecule is NC(=O)[C@H]1CCCCN1C(=O)CSc1nnc(NCc2ccccc2)s1. The number of thioether (sulfide) groups is 1. The minimum Gasteiger partial charge on any atom is -0.368 e. The van der Waals surface area contributed by atoms with Crippen molar-refractivity contribution in [3.63, 3.8) is 0 Å². The molecule has 0 spiro atoms. The lowest BCUT2D eigenvalue weighted by molar-refractivity contribution is -0.138. The Balaban J connectivity index is 1.49. The van der Waals surface area contributed by atoms with Crippen molar-refractivity contribution < 1.29 is 9.59 Å². The van der Waals surface area contributed by atoms with Gasteiger partial charge in [0.05, 0.1) is 5.75 Å². The predicted molar refractivity (Wildman–Crippen MR) is 103 cm³/mol. The first-order chi connectivity index (χ1) is 12.6. The second kappa shape index (κ2) is 9.00. The first kappa shape index (κ1) is 18.7. The van der Waals surface area contributed by atoms with Crippen molar-refractivity contribution in [2.45, 2.75) is 36.2 Å². The van der Waals surface area contributed by atoms with Gasteiger partial charge in [-0.2, -0.15) is 0 Å². The third-order valence-electron chi connectivity index (χ3n) is 4.16. The second-order valence-electron chi connectivity index (χ2n) is 6.00. The molecule has 3 N–H and O–H groups in total. The second-order valence-corrected chi connectivity index (χ2v) is 8.20. The smallest absolute Gasteiger partial charge is 0.240 e. The summed E-state index contributed by atoms with van der Waals surface area (Å²) in [5.74, 6) is -0.268. The maximum absolute atomic E-state index is 12.4. The van der Waals surface area contributed by atoms with Crippen LogP contribution in [0.3, 0.4) is 0 Å². The number of carbonyl (C=O) groups is 2. The highest BCUT2D eigenvalue weighted by molar-refractivity contribution is 8.01. The summed E-state index contributed by atoms with van der Waals surface area (Å²) in [6.45, 7) is 1.26. The molecule has 3 rings (SSSR count). The van der Waals surface area contributed by atoms with E-state index in [1.165, 1.54) is 23.1 Å². The number of anilines is 1. The van der Waals surface area contributed by atoms with Gasteiger partial charge in [0, 0.05) is 13.1 Å². The van der Waals surface area contributed by atoms with E-state index in [9.17, 15) is 9.59 Å². The monoisotopic (exact) mass is 391 g/mol. The van der Waals surface area contributed by atoms with Gasteiger partial charge in [0.1, 0.15) is 6.04 Å². The Bertz CT molecular complexity index is 753. The van der Waals surface area contributed by atoms with Gasteiger partial charge < -0.3 is 16.0 Å². The van der Waals surface area contributed by atoms with E-state index in [2.05, 4.69) is 15.5 Å². The summed E-state index contributed by atoms with van der Waals surface area (Å²) in [5.41, 5.74) is 6.58. The lowest BCUT2D eigenvalue weighted by Crippen LogP contribution is -2.51. The summed E-state index contributed by atoms with van der Waals surface area (Å²) in [7, 11) is 0. The van der Waals surface area contributed by atoms with Crippen LogP contribution < -0.4 is 11.1 Å². The van der Waals surface area contributed by atoms with E-state index >= 15 is 0 Å². The fourth-order valence-corrected chi connectivity index (χ4v) is 4.48. The van der Waals surface area contributed by atoms with Gasteiger partial charge >= 0.3 is 0 Å². The van der Waals surface area contributed by atoms with Crippen LogP contribution in [0.25, 0.3) is 0 Å². The van der Waals surface area contributed by atoms with Crippen LogP contribution in [0.15, 0.2) is 34.7 Å². The molecule has 1 atom stereocenters. The molecule has 138 valence electrons. The van der Waals surface area contributed by atoms with Crippen LogP contribution in [0.5, 0.6) is 0 Å². The molecule has 2 amide bonds. The number of piperidine rings is 1.